The van der Waals surface area contributed by atoms with Gasteiger partial charge in [0.2, 0.25) is 0 Å². The van der Waals surface area contributed by atoms with Crippen molar-refractivity contribution in [3.63, 3.8) is 0 Å². The van der Waals surface area contributed by atoms with Crippen molar-refractivity contribution in [1.29, 1.82) is 0 Å². The minimum absolute atomic E-state index is 0. The molecular weight excluding hydrogens is 250 g/mol. The van der Waals surface area contributed by atoms with Crippen molar-refractivity contribution in [3.05, 3.63) is 29.3 Å². The van der Waals surface area contributed by atoms with Crippen LogP contribution in [-0.4, -0.2) is 19.6 Å². The normalized spacial score (nSPS) is 10.2. The molecule has 0 atom stereocenters. The fourth-order valence-corrected chi connectivity index (χ4v) is 1.87. The third-order valence-corrected chi connectivity index (χ3v) is 2.85. The highest BCUT2D eigenvalue weighted by atomic mass is 35.5. The lowest BCUT2D eigenvalue weighted by Crippen LogP contribution is -2.00. The number of hydrogen-bond acceptors (Lipinski definition) is 3. The Balaban J connectivity index is 0.00000162. The molecule has 0 saturated carbocycles. The lowest BCUT2D eigenvalue weighted by Gasteiger charge is -2.02. The predicted molar refractivity (Wildman–Crippen MR) is 75.2 cm³/mol. The minimum atomic E-state index is 0. The van der Waals surface area contributed by atoms with E-state index in [9.17, 15) is 0 Å². The minimum Gasteiger partial charge on any atom is -0.378 e. The maximum Gasteiger partial charge on any atom is 0.0825 e. The first kappa shape index (κ1) is 14.6. The summed E-state index contributed by atoms with van der Waals surface area (Å²) >= 11 is 0. The van der Waals surface area contributed by atoms with Gasteiger partial charge < -0.3 is 5.32 Å². The summed E-state index contributed by atoms with van der Waals surface area (Å²) in [6.45, 7) is 7.82. The number of nitrogens with zero attached hydrogens (tertiary/aromatic N) is 4. The molecule has 0 aliphatic heterocycles. The van der Waals surface area contributed by atoms with Gasteiger partial charge in [-0.2, -0.15) is 10.2 Å². The van der Waals surface area contributed by atoms with E-state index < -0.39 is 0 Å². The van der Waals surface area contributed by atoms with Gasteiger partial charge in [0.15, 0.2) is 0 Å². The van der Waals surface area contributed by atoms with Gasteiger partial charge in [-0.1, -0.05) is 0 Å². The molecule has 0 aliphatic carbocycles. The van der Waals surface area contributed by atoms with Crippen molar-refractivity contribution in [2.45, 2.75) is 33.9 Å². The van der Waals surface area contributed by atoms with Crippen LogP contribution in [0.3, 0.4) is 0 Å². The molecule has 0 aromatic carbocycles. The highest BCUT2D eigenvalue weighted by molar-refractivity contribution is 5.85. The Morgan fingerprint density at radius 3 is 2.39 bits per heavy atom. The van der Waals surface area contributed by atoms with Gasteiger partial charge >= 0.3 is 0 Å². The van der Waals surface area contributed by atoms with E-state index in [0.29, 0.717) is 0 Å². The van der Waals surface area contributed by atoms with E-state index in [2.05, 4.69) is 22.4 Å². The molecule has 6 heteroatoms. The molecule has 18 heavy (non-hydrogen) atoms. The Morgan fingerprint density at radius 1 is 1.17 bits per heavy atom. The number of anilines is 1. The van der Waals surface area contributed by atoms with Gasteiger partial charge in [0.1, 0.15) is 0 Å². The Bertz CT molecular complexity index is 515. The first-order valence-electron chi connectivity index (χ1n) is 5.87. The monoisotopic (exact) mass is 269 g/mol. The van der Waals surface area contributed by atoms with Gasteiger partial charge in [-0.15, -0.1) is 12.4 Å². The molecule has 0 amide bonds. The highest BCUT2D eigenvalue weighted by Gasteiger charge is 2.06. The summed E-state index contributed by atoms with van der Waals surface area (Å²) in [6, 6.07) is 0. The zero-order chi connectivity index (χ0) is 12.4. The summed E-state index contributed by atoms with van der Waals surface area (Å²) in [5.74, 6) is 0. The van der Waals surface area contributed by atoms with Crippen LogP contribution >= 0.6 is 12.4 Å². The zero-order valence-corrected chi connectivity index (χ0v) is 12.1. The molecule has 0 fully saturated rings. The van der Waals surface area contributed by atoms with Crippen molar-refractivity contribution in [2.24, 2.45) is 7.05 Å². The molecule has 0 unspecified atom stereocenters. The van der Waals surface area contributed by atoms with E-state index in [4.69, 9.17) is 0 Å². The van der Waals surface area contributed by atoms with E-state index in [1.165, 1.54) is 5.56 Å². The Hall–Kier alpha value is -1.49. The number of hydrogen-bond donors (Lipinski definition) is 1. The van der Waals surface area contributed by atoms with Gasteiger partial charge in [-0.3, -0.25) is 9.36 Å². The molecule has 0 radical (unpaired) electrons. The van der Waals surface area contributed by atoms with E-state index in [1.807, 2.05) is 42.7 Å². The predicted octanol–water partition coefficient (Wildman–Crippen LogP) is 2.29. The van der Waals surface area contributed by atoms with Crippen molar-refractivity contribution in [1.82, 2.24) is 19.6 Å². The maximum absolute atomic E-state index is 4.40. The largest absolute Gasteiger partial charge is 0.378 e. The molecule has 0 bridgehead atoms. The molecule has 100 valence electrons. The topological polar surface area (TPSA) is 47.7 Å². The Kier molecular flexibility index (Phi) is 4.78. The highest BCUT2D eigenvalue weighted by Crippen LogP contribution is 2.14. The van der Waals surface area contributed by atoms with Gasteiger partial charge in [0.05, 0.1) is 17.1 Å². The van der Waals surface area contributed by atoms with Crippen LogP contribution < -0.4 is 5.32 Å². The third-order valence-electron chi connectivity index (χ3n) is 2.85. The van der Waals surface area contributed by atoms with Gasteiger partial charge in [0, 0.05) is 38.1 Å². The molecule has 0 spiro atoms. The van der Waals surface area contributed by atoms with Crippen LogP contribution in [0.4, 0.5) is 5.69 Å². The number of nitrogens with one attached hydrogen (secondary N) is 1. The van der Waals surface area contributed by atoms with Crippen LogP contribution in [-0.2, 0) is 20.1 Å². The molecular formula is C12H20ClN5. The average Bonchev–Trinajstić information content (AvgIpc) is 2.79. The van der Waals surface area contributed by atoms with Crippen LogP contribution in [0.5, 0.6) is 0 Å². The molecule has 0 saturated heterocycles. The quantitative estimate of drug-likeness (QED) is 0.926. The van der Waals surface area contributed by atoms with Crippen LogP contribution in [0.2, 0.25) is 0 Å². The van der Waals surface area contributed by atoms with E-state index in [-0.39, 0.29) is 12.4 Å². The van der Waals surface area contributed by atoms with E-state index in [1.54, 1.807) is 0 Å². The zero-order valence-electron chi connectivity index (χ0n) is 11.3. The molecule has 2 aromatic heterocycles. The number of aromatic nitrogens is 4. The van der Waals surface area contributed by atoms with Crippen LogP contribution in [0.15, 0.2) is 12.4 Å². The molecule has 5 nitrogen and oxygen atoms in total. The van der Waals surface area contributed by atoms with Crippen molar-refractivity contribution in [3.8, 4) is 0 Å². The fraction of sp³-hybridized carbons (Fsp3) is 0.500. The fourth-order valence-electron chi connectivity index (χ4n) is 1.87. The van der Waals surface area contributed by atoms with Crippen molar-refractivity contribution in [2.75, 3.05) is 5.32 Å². The first-order chi connectivity index (χ1) is 8.10. The molecule has 2 aromatic rings. The summed E-state index contributed by atoms with van der Waals surface area (Å²) < 4.78 is 3.78. The van der Waals surface area contributed by atoms with Crippen LogP contribution in [0, 0.1) is 13.8 Å². The molecule has 0 aliphatic rings. The summed E-state index contributed by atoms with van der Waals surface area (Å²) in [5, 5.41) is 12.1. The lowest BCUT2D eigenvalue weighted by atomic mass is 10.2. The number of halogens is 1. The molecule has 2 heterocycles. The summed E-state index contributed by atoms with van der Waals surface area (Å²) in [6.07, 6.45) is 4.09. The van der Waals surface area contributed by atoms with Gasteiger partial charge in [-0.05, 0) is 20.8 Å². The van der Waals surface area contributed by atoms with Crippen molar-refractivity contribution >= 4 is 18.1 Å². The molecule has 1 N–H and O–H groups in total. The molecule has 2 rings (SSSR count). The standard InChI is InChI=1S/C12H19N5.ClH/c1-5-17-8-12(10(3)15-17)13-6-11-7-16(4)14-9(11)2;/h7-8,13H,5-6H2,1-4H3;1H. The SMILES string of the molecule is CCn1cc(NCc2cn(C)nc2C)c(C)n1.Cl. The summed E-state index contributed by atoms with van der Waals surface area (Å²) in [5.41, 5.74) is 4.42. The third kappa shape index (κ3) is 3.04. The van der Waals surface area contributed by atoms with Gasteiger partial charge in [-0.25, -0.2) is 0 Å². The summed E-state index contributed by atoms with van der Waals surface area (Å²) in [7, 11) is 1.94. The average molecular weight is 270 g/mol. The Labute approximate surface area is 114 Å². The number of rotatable bonds is 4. The van der Waals surface area contributed by atoms with Crippen LogP contribution in [0.1, 0.15) is 23.9 Å². The Morgan fingerprint density at radius 2 is 1.89 bits per heavy atom. The lowest BCUT2D eigenvalue weighted by molar-refractivity contribution is 0.653. The summed E-state index contributed by atoms with van der Waals surface area (Å²) in [4.78, 5) is 0. The second kappa shape index (κ2) is 5.91. The smallest absolute Gasteiger partial charge is 0.0825 e. The second-order valence-corrected chi connectivity index (χ2v) is 4.25. The van der Waals surface area contributed by atoms with E-state index in [0.717, 1.165) is 30.2 Å². The second-order valence-electron chi connectivity index (χ2n) is 4.25. The van der Waals surface area contributed by atoms with Crippen molar-refractivity contribution < 1.29 is 0 Å². The number of aryl methyl sites for hydroxylation is 4. The van der Waals surface area contributed by atoms with E-state index >= 15 is 0 Å². The maximum atomic E-state index is 4.40. The first-order valence-corrected chi connectivity index (χ1v) is 5.87. The van der Waals surface area contributed by atoms with Crippen LogP contribution in [0.25, 0.3) is 0 Å². The van der Waals surface area contributed by atoms with Gasteiger partial charge in [0.25, 0.3) is 0 Å².